The molecule has 3 unspecified atom stereocenters. The Bertz CT molecular complexity index is 1190. The van der Waals surface area contributed by atoms with Gasteiger partial charge in [-0.3, -0.25) is 9.59 Å². The van der Waals surface area contributed by atoms with Crippen LogP contribution in [0.4, 0.5) is 4.79 Å². The highest BCUT2D eigenvalue weighted by molar-refractivity contribution is 6.30. The van der Waals surface area contributed by atoms with E-state index in [-0.39, 0.29) is 37.2 Å². The molecule has 0 heterocycles. The van der Waals surface area contributed by atoms with E-state index in [1.807, 2.05) is 37.3 Å². The maximum absolute atomic E-state index is 13.3. The molecule has 2 aromatic carbocycles. The minimum absolute atomic E-state index is 0.0274. The van der Waals surface area contributed by atoms with Gasteiger partial charge < -0.3 is 25.4 Å². The molecule has 3 rings (SSSR count). The predicted molar refractivity (Wildman–Crippen MR) is 161 cm³/mol. The summed E-state index contributed by atoms with van der Waals surface area (Å²) in [5.74, 6) is -1.71. The van der Waals surface area contributed by atoms with Gasteiger partial charge in [0.05, 0.1) is 0 Å². The van der Waals surface area contributed by atoms with E-state index in [9.17, 15) is 24.3 Å². The van der Waals surface area contributed by atoms with Crippen LogP contribution < -0.4 is 10.6 Å². The number of carboxylic acids is 1. The van der Waals surface area contributed by atoms with Crippen LogP contribution in [0.25, 0.3) is 0 Å². The summed E-state index contributed by atoms with van der Waals surface area (Å²) >= 11 is 6.00. The van der Waals surface area contributed by atoms with Gasteiger partial charge in [0.1, 0.15) is 18.7 Å². The quantitative estimate of drug-likeness (QED) is 0.263. The fourth-order valence-corrected chi connectivity index (χ4v) is 5.55. The standard InChI is InChI=1S/C32H42ClN3O6/c1-22(25-13-7-4-8-14-25)20-36(2)29(37)17-16-27(31(39)40)34-30(38)28(19-23-10-5-3-6-11-23)35-32(41)42-21-24-12-9-15-26(33)18-24/h4,7-9,12-15,18,22-23,27-28H,3,5-6,10-11,16-17,19-21H2,1-2H3,(H,34,38)(H,35,41)(H,39,40). The van der Waals surface area contributed by atoms with Gasteiger partial charge >= 0.3 is 12.1 Å². The molecule has 0 saturated heterocycles. The molecule has 2 aromatic rings. The second-order valence-electron chi connectivity index (χ2n) is 11.2. The van der Waals surface area contributed by atoms with Crippen molar-refractivity contribution in [1.82, 2.24) is 15.5 Å². The molecular weight excluding hydrogens is 558 g/mol. The maximum atomic E-state index is 13.3. The Morgan fingerprint density at radius 3 is 2.38 bits per heavy atom. The molecule has 10 heteroatoms. The molecule has 1 saturated carbocycles. The number of halogens is 1. The summed E-state index contributed by atoms with van der Waals surface area (Å²) in [5.41, 5.74) is 1.81. The largest absolute Gasteiger partial charge is 0.480 e. The number of carbonyl (C=O) groups excluding carboxylic acids is 3. The van der Waals surface area contributed by atoms with Gasteiger partial charge in [0, 0.05) is 25.0 Å². The number of aliphatic carboxylic acids is 1. The van der Waals surface area contributed by atoms with E-state index in [0.717, 1.165) is 37.7 Å². The number of carboxylic acid groups (broad SMARTS) is 1. The summed E-state index contributed by atoms with van der Waals surface area (Å²) in [4.78, 5) is 52.4. The summed E-state index contributed by atoms with van der Waals surface area (Å²) in [6.45, 7) is 2.48. The second kappa shape index (κ2) is 16.8. The number of alkyl carbamates (subject to hydrolysis) is 1. The van der Waals surface area contributed by atoms with Crippen molar-refractivity contribution in [1.29, 1.82) is 0 Å². The highest BCUT2D eigenvalue weighted by atomic mass is 35.5. The molecule has 3 N–H and O–H groups in total. The second-order valence-corrected chi connectivity index (χ2v) is 11.6. The Balaban J connectivity index is 1.57. The van der Waals surface area contributed by atoms with Gasteiger partial charge in [-0.1, -0.05) is 93.1 Å². The van der Waals surface area contributed by atoms with Crippen LogP contribution >= 0.6 is 11.6 Å². The van der Waals surface area contributed by atoms with Crippen molar-refractivity contribution < 1.29 is 29.0 Å². The molecule has 0 radical (unpaired) electrons. The van der Waals surface area contributed by atoms with Crippen molar-refractivity contribution in [3.05, 3.63) is 70.7 Å². The first-order valence-corrected chi connectivity index (χ1v) is 15.0. The third-order valence-electron chi connectivity index (χ3n) is 7.76. The van der Waals surface area contributed by atoms with Crippen molar-refractivity contribution in [2.45, 2.75) is 82.9 Å². The van der Waals surface area contributed by atoms with Crippen molar-refractivity contribution >= 4 is 35.5 Å². The van der Waals surface area contributed by atoms with E-state index in [2.05, 4.69) is 10.6 Å². The van der Waals surface area contributed by atoms with Crippen LogP contribution in [0.5, 0.6) is 0 Å². The fourth-order valence-electron chi connectivity index (χ4n) is 5.34. The molecule has 9 nitrogen and oxygen atoms in total. The first-order chi connectivity index (χ1) is 20.1. The SMILES string of the molecule is CC(CN(C)C(=O)CCC(NC(=O)C(CC1CCCCC1)NC(=O)OCc1cccc(Cl)c1)C(=O)O)c1ccccc1. The maximum Gasteiger partial charge on any atom is 0.408 e. The minimum Gasteiger partial charge on any atom is -0.480 e. The highest BCUT2D eigenvalue weighted by Crippen LogP contribution is 2.27. The van der Waals surface area contributed by atoms with Crippen LogP contribution in [0, 0.1) is 5.92 Å². The molecule has 228 valence electrons. The molecule has 0 spiro atoms. The van der Waals surface area contributed by atoms with Crippen LogP contribution in [-0.2, 0) is 25.7 Å². The monoisotopic (exact) mass is 599 g/mol. The Kier molecular flexibility index (Phi) is 13.1. The summed E-state index contributed by atoms with van der Waals surface area (Å²) < 4.78 is 5.32. The minimum atomic E-state index is -1.28. The third kappa shape index (κ3) is 11.0. The molecule has 42 heavy (non-hydrogen) atoms. The summed E-state index contributed by atoms with van der Waals surface area (Å²) in [6.07, 6.45) is 4.60. The first-order valence-electron chi connectivity index (χ1n) is 14.6. The van der Waals surface area contributed by atoms with E-state index in [1.54, 1.807) is 36.2 Å². The number of ether oxygens (including phenoxy) is 1. The van der Waals surface area contributed by atoms with Gasteiger partial charge in [-0.25, -0.2) is 9.59 Å². The normalized spacial score (nSPS) is 15.6. The van der Waals surface area contributed by atoms with Crippen LogP contribution in [0.1, 0.15) is 75.3 Å². The number of rotatable bonds is 14. The predicted octanol–water partition coefficient (Wildman–Crippen LogP) is 5.52. The average molecular weight is 600 g/mol. The van der Waals surface area contributed by atoms with Gasteiger partial charge in [0.2, 0.25) is 11.8 Å². The van der Waals surface area contributed by atoms with Gasteiger partial charge in [0.15, 0.2) is 0 Å². The number of nitrogens with one attached hydrogen (secondary N) is 2. The van der Waals surface area contributed by atoms with Crippen LogP contribution in [0.3, 0.4) is 0 Å². The zero-order chi connectivity index (χ0) is 30.5. The van der Waals surface area contributed by atoms with Gasteiger partial charge in [-0.15, -0.1) is 0 Å². The lowest BCUT2D eigenvalue weighted by Crippen LogP contribution is -2.52. The lowest BCUT2D eigenvalue weighted by atomic mass is 9.84. The van der Waals surface area contributed by atoms with E-state index in [0.29, 0.717) is 23.6 Å². The molecule has 3 atom stereocenters. The van der Waals surface area contributed by atoms with E-state index < -0.39 is 30.1 Å². The van der Waals surface area contributed by atoms with Crippen LogP contribution in [-0.4, -0.2) is 59.6 Å². The Labute approximate surface area is 252 Å². The molecule has 3 amide bonds. The van der Waals surface area contributed by atoms with E-state index >= 15 is 0 Å². The summed E-state index contributed by atoms with van der Waals surface area (Å²) in [7, 11) is 1.69. The number of benzene rings is 2. The van der Waals surface area contributed by atoms with Crippen molar-refractivity contribution in [3.8, 4) is 0 Å². The number of carbonyl (C=O) groups is 4. The summed E-state index contributed by atoms with van der Waals surface area (Å²) in [6, 6.07) is 14.5. The molecule has 1 aliphatic rings. The Morgan fingerprint density at radius 1 is 1.00 bits per heavy atom. The van der Waals surface area contributed by atoms with Gasteiger partial charge in [-0.2, -0.15) is 0 Å². The van der Waals surface area contributed by atoms with E-state index in [1.165, 1.54) is 0 Å². The average Bonchev–Trinajstić information content (AvgIpc) is 2.98. The number of nitrogens with zero attached hydrogens (tertiary/aromatic N) is 1. The van der Waals surface area contributed by atoms with Crippen LogP contribution in [0.15, 0.2) is 54.6 Å². The number of hydrogen-bond acceptors (Lipinski definition) is 5. The summed E-state index contributed by atoms with van der Waals surface area (Å²) in [5, 5.41) is 15.5. The number of amides is 3. The lowest BCUT2D eigenvalue weighted by Gasteiger charge is -2.27. The fraction of sp³-hybridized carbons (Fsp3) is 0.500. The molecule has 0 bridgehead atoms. The number of likely N-dealkylation sites (N-methyl/N-ethyl adjacent to an activating group) is 1. The third-order valence-corrected chi connectivity index (χ3v) is 8.00. The van der Waals surface area contributed by atoms with E-state index in [4.69, 9.17) is 16.3 Å². The smallest absolute Gasteiger partial charge is 0.408 e. The zero-order valence-corrected chi connectivity index (χ0v) is 25.1. The molecule has 0 aliphatic heterocycles. The first kappa shape index (κ1) is 32.9. The molecule has 1 aliphatic carbocycles. The van der Waals surface area contributed by atoms with Crippen molar-refractivity contribution in [2.75, 3.05) is 13.6 Å². The zero-order valence-electron chi connectivity index (χ0n) is 24.4. The highest BCUT2D eigenvalue weighted by Gasteiger charge is 2.30. The Hall–Kier alpha value is -3.59. The molecule has 0 aromatic heterocycles. The Morgan fingerprint density at radius 2 is 1.71 bits per heavy atom. The van der Waals surface area contributed by atoms with Gasteiger partial charge in [-0.05, 0) is 47.9 Å². The van der Waals surface area contributed by atoms with Crippen LogP contribution in [0.2, 0.25) is 5.02 Å². The van der Waals surface area contributed by atoms with Crippen molar-refractivity contribution in [2.24, 2.45) is 5.92 Å². The van der Waals surface area contributed by atoms with Gasteiger partial charge in [0.25, 0.3) is 0 Å². The molecule has 1 fully saturated rings. The topological polar surface area (TPSA) is 125 Å². The van der Waals surface area contributed by atoms with Crippen molar-refractivity contribution in [3.63, 3.8) is 0 Å². The molecular formula is C32H42ClN3O6. The number of hydrogen-bond donors (Lipinski definition) is 3. The lowest BCUT2D eigenvalue weighted by molar-refractivity contribution is -0.142.